The minimum Gasteiger partial charge on any atom is -0.385 e. The summed E-state index contributed by atoms with van der Waals surface area (Å²) in [5.74, 6) is 1.12. The molecule has 0 spiro atoms. The largest absolute Gasteiger partial charge is 0.385 e. The Bertz CT molecular complexity index is 154. The molecule has 1 rings (SSSR count). The van der Waals surface area contributed by atoms with Crippen LogP contribution in [0, 0.1) is 5.92 Å². The molecule has 0 aliphatic heterocycles. The summed E-state index contributed by atoms with van der Waals surface area (Å²) in [6, 6.07) is 0. The van der Waals surface area contributed by atoms with E-state index in [0.29, 0.717) is 11.7 Å². The third-order valence-electron chi connectivity index (χ3n) is 2.80. The molecule has 76 valence electrons. The normalized spacial score (nSPS) is 24.4. The molecule has 0 radical (unpaired) electrons. The maximum absolute atomic E-state index is 11.3. The Labute approximate surface area is 80.7 Å². The summed E-state index contributed by atoms with van der Waals surface area (Å²) in [5.41, 5.74) is 0. The van der Waals surface area contributed by atoms with E-state index in [1.54, 1.807) is 7.11 Å². The summed E-state index contributed by atoms with van der Waals surface area (Å²) in [6.45, 7) is 0.838. The minimum absolute atomic E-state index is 0.472. The van der Waals surface area contributed by atoms with Crippen LogP contribution in [-0.4, -0.2) is 19.5 Å². The molecule has 0 heterocycles. The van der Waals surface area contributed by atoms with E-state index in [0.717, 1.165) is 32.3 Å². The molecule has 2 nitrogen and oxygen atoms in total. The van der Waals surface area contributed by atoms with Gasteiger partial charge in [-0.2, -0.15) is 0 Å². The molecular formula is C11H20O2. The topological polar surface area (TPSA) is 26.3 Å². The number of rotatable bonds is 4. The number of hydrogen-bond acceptors (Lipinski definition) is 2. The van der Waals surface area contributed by atoms with Gasteiger partial charge in [0, 0.05) is 26.6 Å². The highest BCUT2D eigenvalue weighted by Gasteiger charge is 2.16. The molecular weight excluding hydrogens is 164 g/mol. The van der Waals surface area contributed by atoms with Crippen LogP contribution in [0.1, 0.15) is 44.9 Å². The summed E-state index contributed by atoms with van der Waals surface area (Å²) in [6.07, 6.45) is 7.51. The zero-order valence-corrected chi connectivity index (χ0v) is 8.55. The molecule has 2 heteroatoms. The zero-order valence-electron chi connectivity index (χ0n) is 8.55. The van der Waals surface area contributed by atoms with Crippen LogP contribution in [0.3, 0.4) is 0 Å². The second-order valence-electron chi connectivity index (χ2n) is 3.99. The van der Waals surface area contributed by atoms with E-state index in [4.69, 9.17) is 4.74 Å². The van der Waals surface area contributed by atoms with Gasteiger partial charge in [-0.05, 0) is 25.2 Å². The van der Waals surface area contributed by atoms with Gasteiger partial charge in [0.05, 0.1) is 0 Å². The number of carbonyl (C=O) groups excluding carboxylic acids is 1. The smallest absolute Gasteiger partial charge is 0.133 e. The van der Waals surface area contributed by atoms with Crippen LogP contribution in [0.15, 0.2) is 0 Å². The van der Waals surface area contributed by atoms with Crippen LogP contribution in [-0.2, 0) is 9.53 Å². The maximum Gasteiger partial charge on any atom is 0.133 e. The predicted octanol–water partition coefficient (Wildman–Crippen LogP) is 2.56. The molecule has 1 saturated carbocycles. The molecule has 1 aliphatic rings. The number of hydrogen-bond donors (Lipinski definition) is 0. The lowest BCUT2D eigenvalue weighted by Crippen LogP contribution is -2.06. The number of carbonyl (C=O) groups is 1. The fourth-order valence-electron chi connectivity index (χ4n) is 2.04. The number of methoxy groups -OCH3 is 1. The first-order chi connectivity index (χ1) is 6.33. The molecule has 1 fully saturated rings. The van der Waals surface area contributed by atoms with E-state index in [9.17, 15) is 4.79 Å². The molecule has 1 unspecified atom stereocenters. The second kappa shape index (κ2) is 6.14. The quantitative estimate of drug-likeness (QED) is 0.496. The fourth-order valence-corrected chi connectivity index (χ4v) is 2.04. The van der Waals surface area contributed by atoms with Crippen LogP contribution >= 0.6 is 0 Å². The first-order valence-corrected chi connectivity index (χ1v) is 5.33. The first-order valence-electron chi connectivity index (χ1n) is 5.33. The van der Waals surface area contributed by atoms with Crippen LogP contribution in [0.25, 0.3) is 0 Å². The third kappa shape index (κ3) is 4.41. The summed E-state index contributed by atoms with van der Waals surface area (Å²) >= 11 is 0. The lowest BCUT2D eigenvalue weighted by atomic mass is 9.95. The Kier molecular flexibility index (Phi) is 5.06. The Morgan fingerprint density at radius 2 is 2.31 bits per heavy atom. The van der Waals surface area contributed by atoms with E-state index in [1.165, 1.54) is 19.3 Å². The summed E-state index contributed by atoms with van der Waals surface area (Å²) < 4.78 is 5.01. The lowest BCUT2D eigenvalue weighted by molar-refractivity contribution is -0.119. The van der Waals surface area contributed by atoms with Crippen molar-refractivity contribution in [2.75, 3.05) is 13.7 Å². The van der Waals surface area contributed by atoms with Crippen molar-refractivity contribution in [3.05, 3.63) is 0 Å². The van der Waals surface area contributed by atoms with Crippen LogP contribution in [0.5, 0.6) is 0 Å². The molecule has 0 aromatic rings. The highest BCUT2D eigenvalue weighted by Crippen LogP contribution is 2.24. The van der Waals surface area contributed by atoms with Crippen molar-refractivity contribution in [3.63, 3.8) is 0 Å². The van der Waals surface area contributed by atoms with E-state index in [-0.39, 0.29) is 0 Å². The number of ether oxygens (including phenoxy) is 1. The van der Waals surface area contributed by atoms with Gasteiger partial charge in [-0.3, -0.25) is 4.79 Å². The first kappa shape index (κ1) is 10.7. The molecule has 1 atom stereocenters. The Balaban J connectivity index is 2.19. The van der Waals surface area contributed by atoms with E-state index < -0.39 is 0 Å². The third-order valence-corrected chi connectivity index (χ3v) is 2.80. The highest BCUT2D eigenvalue weighted by molar-refractivity contribution is 5.78. The van der Waals surface area contributed by atoms with Gasteiger partial charge in [0.15, 0.2) is 0 Å². The van der Waals surface area contributed by atoms with Gasteiger partial charge >= 0.3 is 0 Å². The summed E-state index contributed by atoms with van der Waals surface area (Å²) in [4.78, 5) is 11.3. The van der Waals surface area contributed by atoms with Gasteiger partial charge in [-0.15, -0.1) is 0 Å². The van der Waals surface area contributed by atoms with Crippen molar-refractivity contribution >= 4 is 5.78 Å². The van der Waals surface area contributed by atoms with Crippen molar-refractivity contribution in [3.8, 4) is 0 Å². The van der Waals surface area contributed by atoms with Crippen LogP contribution in [0.2, 0.25) is 0 Å². The monoisotopic (exact) mass is 184 g/mol. The van der Waals surface area contributed by atoms with Crippen molar-refractivity contribution < 1.29 is 9.53 Å². The van der Waals surface area contributed by atoms with Crippen LogP contribution in [0.4, 0.5) is 0 Å². The molecule has 1 aliphatic carbocycles. The molecule has 0 bridgehead atoms. The molecule has 0 amide bonds. The van der Waals surface area contributed by atoms with Crippen LogP contribution < -0.4 is 0 Å². The SMILES string of the molecule is COCCCC1CCCCC(=O)C1. The van der Waals surface area contributed by atoms with Crippen molar-refractivity contribution in [2.24, 2.45) is 5.92 Å². The summed E-state index contributed by atoms with van der Waals surface area (Å²) in [5, 5.41) is 0. The molecule has 0 aromatic carbocycles. The lowest BCUT2D eigenvalue weighted by Gasteiger charge is -2.11. The van der Waals surface area contributed by atoms with Gasteiger partial charge in [0.1, 0.15) is 5.78 Å². The van der Waals surface area contributed by atoms with Crippen molar-refractivity contribution in [1.29, 1.82) is 0 Å². The van der Waals surface area contributed by atoms with Gasteiger partial charge < -0.3 is 4.74 Å². The Morgan fingerprint density at radius 3 is 3.08 bits per heavy atom. The molecule has 0 N–H and O–H groups in total. The van der Waals surface area contributed by atoms with Gasteiger partial charge in [0.2, 0.25) is 0 Å². The minimum atomic E-state index is 0.472. The second-order valence-corrected chi connectivity index (χ2v) is 3.99. The number of ketones is 1. The van der Waals surface area contributed by atoms with E-state index >= 15 is 0 Å². The van der Waals surface area contributed by atoms with E-state index in [2.05, 4.69) is 0 Å². The average Bonchev–Trinajstić information content (AvgIpc) is 2.31. The summed E-state index contributed by atoms with van der Waals surface area (Å²) in [7, 11) is 1.73. The highest BCUT2D eigenvalue weighted by atomic mass is 16.5. The average molecular weight is 184 g/mol. The van der Waals surface area contributed by atoms with E-state index in [1.807, 2.05) is 0 Å². The van der Waals surface area contributed by atoms with Gasteiger partial charge in [0.25, 0.3) is 0 Å². The van der Waals surface area contributed by atoms with Crippen molar-refractivity contribution in [2.45, 2.75) is 44.9 Å². The standard InChI is InChI=1S/C11H20O2/c1-13-8-4-6-10-5-2-3-7-11(12)9-10/h10H,2-9H2,1H3. The van der Waals surface area contributed by atoms with Gasteiger partial charge in [-0.1, -0.05) is 12.8 Å². The molecule has 0 aromatic heterocycles. The molecule has 13 heavy (non-hydrogen) atoms. The Hall–Kier alpha value is -0.370. The maximum atomic E-state index is 11.3. The Morgan fingerprint density at radius 1 is 1.46 bits per heavy atom. The zero-order chi connectivity index (χ0) is 9.52. The fraction of sp³-hybridized carbons (Fsp3) is 0.909. The van der Waals surface area contributed by atoms with Gasteiger partial charge in [-0.25, -0.2) is 0 Å². The van der Waals surface area contributed by atoms with Crippen molar-refractivity contribution in [1.82, 2.24) is 0 Å². The number of Topliss-reactive ketones (excluding diaryl/α,β-unsaturated/α-hetero) is 1. The molecule has 0 saturated heterocycles. The predicted molar refractivity (Wildman–Crippen MR) is 52.7 cm³/mol.